The summed E-state index contributed by atoms with van der Waals surface area (Å²) in [6, 6.07) is 2.00. The van der Waals surface area contributed by atoms with Gasteiger partial charge in [-0.3, -0.25) is 14.5 Å². The summed E-state index contributed by atoms with van der Waals surface area (Å²) >= 11 is 0. The molecule has 1 aliphatic heterocycles. The third-order valence-corrected chi connectivity index (χ3v) is 2.53. The molecular weight excluding hydrogens is 240 g/mol. The van der Waals surface area contributed by atoms with E-state index in [0.717, 1.165) is 9.63 Å². The van der Waals surface area contributed by atoms with Crippen LogP contribution in [0.25, 0.3) is 0 Å². The predicted octanol–water partition coefficient (Wildman–Crippen LogP) is -0.359. The summed E-state index contributed by atoms with van der Waals surface area (Å²) in [4.78, 5) is 28.9. The number of hydrogen-bond donors (Lipinski definition) is 2. The van der Waals surface area contributed by atoms with Crippen molar-refractivity contribution in [1.29, 1.82) is 0 Å². The number of rotatable bonds is 4. The van der Waals surface area contributed by atoms with Crippen LogP contribution < -0.4 is 4.84 Å². The summed E-state index contributed by atoms with van der Waals surface area (Å²) < 4.78 is 0.814. The zero-order chi connectivity index (χ0) is 13.3. The number of imide groups is 1. The van der Waals surface area contributed by atoms with Crippen molar-refractivity contribution in [2.75, 3.05) is 6.61 Å². The Morgan fingerprint density at radius 3 is 2.17 bits per heavy atom. The minimum absolute atomic E-state index is 0.0467. The second kappa shape index (κ2) is 4.44. The van der Waals surface area contributed by atoms with Crippen LogP contribution in [0.3, 0.4) is 0 Å². The van der Waals surface area contributed by atoms with Crippen molar-refractivity contribution < 1.29 is 24.6 Å². The highest BCUT2D eigenvalue weighted by Crippen LogP contribution is 2.19. The van der Waals surface area contributed by atoms with Crippen molar-refractivity contribution in [2.45, 2.75) is 13.0 Å². The molecule has 96 valence electrons. The van der Waals surface area contributed by atoms with E-state index in [1.807, 2.05) is 0 Å². The molecule has 7 heteroatoms. The Labute approximate surface area is 102 Å². The molecule has 0 aliphatic carbocycles. The van der Waals surface area contributed by atoms with Gasteiger partial charge in [-0.15, -0.1) is 4.73 Å². The molecule has 0 saturated carbocycles. The molecule has 0 spiro atoms. The fourth-order valence-electron chi connectivity index (χ4n) is 1.64. The summed E-state index contributed by atoms with van der Waals surface area (Å²) in [7, 11) is 0. The molecule has 1 aliphatic rings. The quantitative estimate of drug-likeness (QED) is 0.714. The first-order valence-electron chi connectivity index (χ1n) is 5.29. The van der Waals surface area contributed by atoms with E-state index in [2.05, 4.69) is 0 Å². The molecule has 0 saturated heterocycles. The van der Waals surface area contributed by atoms with Gasteiger partial charge in [0.1, 0.15) is 6.61 Å². The summed E-state index contributed by atoms with van der Waals surface area (Å²) in [5, 5.41) is 18.7. The molecular formula is C11H12N2O5. The Morgan fingerprint density at radius 1 is 1.17 bits per heavy atom. The average Bonchev–Trinajstić information content (AvgIpc) is 2.81. The lowest BCUT2D eigenvalue weighted by Gasteiger charge is -2.22. The molecule has 7 nitrogen and oxygen atoms in total. The number of aromatic hydroxyl groups is 2. The third-order valence-electron chi connectivity index (χ3n) is 2.53. The summed E-state index contributed by atoms with van der Waals surface area (Å²) in [6.45, 7) is 1.58. The number of hydrogen-bond acceptors (Lipinski definition) is 5. The number of carbonyl (C=O) groups excluding carboxylic acids is 2. The number of amides is 2. The van der Waals surface area contributed by atoms with Gasteiger partial charge in [0, 0.05) is 24.3 Å². The van der Waals surface area contributed by atoms with E-state index in [0.29, 0.717) is 0 Å². The Hall–Kier alpha value is -2.44. The van der Waals surface area contributed by atoms with Crippen molar-refractivity contribution in [3.8, 4) is 11.8 Å². The van der Waals surface area contributed by atoms with Crippen molar-refractivity contribution in [1.82, 2.24) is 9.63 Å². The number of carbonyl (C=O) groups is 2. The molecule has 1 aromatic rings. The molecule has 0 bridgehead atoms. The van der Waals surface area contributed by atoms with E-state index >= 15 is 0 Å². The van der Waals surface area contributed by atoms with Gasteiger partial charge in [-0.2, -0.15) is 0 Å². The summed E-state index contributed by atoms with van der Waals surface area (Å²) in [5.74, 6) is -1.34. The van der Waals surface area contributed by atoms with E-state index in [4.69, 9.17) is 4.84 Å². The molecule has 1 unspecified atom stereocenters. The highest BCUT2D eigenvalue weighted by Gasteiger charge is 2.29. The first-order chi connectivity index (χ1) is 8.50. The maximum Gasteiger partial charge on any atom is 0.253 e. The molecule has 0 radical (unpaired) electrons. The molecule has 1 atom stereocenters. The van der Waals surface area contributed by atoms with Crippen molar-refractivity contribution in [3.05, 3.63) is 24.3 Å². The smallest absolute Gasteiger partial charge is 0.253 e. The molecule has 2 N–H and O–H groups in total. The Morgan fingerprint density at radius 2 is 1.67 bits per heavy atom. The summed E-state index contributed by atoms with van der Waals surface area (Å²) in [6.07, 6.45) is 2.37. The standard InChI is InChI=1S/C11H12N2O5/c1-7(12-8(14)2-3-9(12)15)6-18-13-10(16)4-5-11(13)17/h2-5,7,16-17H,6H2,1H3. The molecule has 2 rings (SSSR count). The average molecular weight is 252 g/mol. The van der Waals surface area contributed by atoms with Crippen LogP contribution in [0.1, 0.15) is 6.92 Å². The molecule has 2 heterocycles. The lowest BCUT2D eigenvalue weighted by atomic mass is 10.3. The monoisotopic (exact) mass is 252 g/mol. The van der Waals surface area contributed by atoms with E-state index < -0.39 is 17.9 Å². The number of nitrogens with zero attached hydrogens (tertiary/aromatic N) is 2. The first-order valence-corrected chi connectivity index (χ1v) is 5.29. The SMILES string of the molecule is CC(COn1c(O)ccc1O)N1C(=O)C=CC1=O. The van der Waals surface area contributed by atoms with Gasteiger partial charge in [-0.1, -0.05) is 0 Å². The van der Waals surface area contributed by atoms with Crippen LogP contribution in [0.5, 0.6) is 11.8 Å². The van der Waals surface area contributed by atoms with E-state index in [1.165, 1.54) is 24.3 Å². The van der Waals surface area contributed by atoms with Crippen LogP contribution in [0.15, 0.2) is 24.3 Å². The van der Waals surface area contributed by atoms with Crippen LogP contribution >= 0.6 is 0 Å². The van der Waals surface area contributed by atoms with Crippen LogP contribution in [0.4, 0.5) is 0 Å². The lowest BCUT2D eigenvalue weighted by Crippen LogP contribution is -2.42. The van der Waals surface area contributed by atoms with Crippen molar-refractivity contribution >= 4 is 11.8 Å². The van der Waals surface area contributed by atoms with Gasteiger partial charge in [0.2, 0.25) is 11.8 Å². The second-order valence-corrected chi connectivity index (χ2v) is 3.87. The van der Waals surface area contributed by atoms with Gasteiger partial charge in [-0.25, -0.2) is 0 Å². The van der Waals surface area contributed by atoms with Gasteiger partial charge in [0.05, 0.1) is 6.04 Å². The van der Waals surface area contributed by atoms with E-state index in [9.17, 15) is 19.8 Å². The van der Waals surface area contributed by atoms with E-state index in [-0.39, 0.29) is 18.4 Å². The van der Waals surface area contributed by atoms with Gasteiger partial charge in [0.15, 0.2) is 0 Å². The van der Waals surface area contributed by atoms with Gasteiger partial charge < -0.3 is 15.1 Å². The zero-order valence-electron chi connectivity index (χ0n) is 9.61. The highest BCUT2D eigenvalue weighted by molar-refractivity contribution is 6.13. The van der Waals surface area contributed by atoms with Crippen LogP contribution in [0.2, 0.25) is 0 Å². The second-order valence-electron chi connectivity index (χ2n) is 3.87. The van der Waals surface area contributed by atoms with Gasteiger partial charge in [-0.05, 0) is 6.92 Å². The lowest BCUT2D eigenvalue weighted by molar-refractivity contribution is -0.140. The topological polar surface area (TPSA) is 92.0 Å². The highest BCUT2D eigenvalue weighted by atomic mass is 16.7. The molecule has 18 heavy (non-hydrogen) atoms. The Kier molecular flexibility index (Phi) is 2.97. The van der Waals surface area contributed by atoms with Crippen molar-refractivity contribution in [2.24, 2.45) is 0 Å². The minimum atomic E-state index is -0.513. The maximum atomic E-state index is 11.4. The van der Waals surface area contributed by atoms with Gasteiger partial charge in [0.25, 0.3) is 11.8 Å². The fraction of sp³-hybridized carbons (Fsp3) is 0.273. The third kappa shape index (κ3) is 2.02. The molecule has 2 amide bonds. The minimum Gasteiger partial charge on any atom is -0.492 e. The van der Waals surface area contributed by atoms with Crippen LogP contribution in [-0.4, -0.2) is 44.3 Å². The molecule has 0 aromatic carbocycles. The fourth-order valence-corrected chi connectivity index (χ4v) is 1.64. The predicted molar refractivity (Wildman–Crippen MR) is 59.7 cm³/mol. The zero-order valence-corrected chi connectivity index (χ0v) is 9.61. The van der Waals surface area contributed by atoms with Crippen LogP contribution in [0, 0.1) is 0 Å². The Bertz CT molecular complexity index is 482. The summed E-state index contributed by atoms with van der Waals surface area (Å²) in [5.41, 5.74) is 0. The van der Waals surface area contributed by atoms with E-state index in [1.54, 1.807) is 6.92 Å². The molecule has 0 fully saturated rings. The normalized spacial score (nSPS) is 16.4. The van der Waals surface area contributed by atoms with Crippen LogP contribution in [-0.2, 0) is 9.59 Å². The Balaban J connectivity index is 1.99. The number of aromatic nitrogens is 1. The largest absolute Gasteiger partial charge is 0.492 e. The molecule has 1 aromatic heterocycles. The van der Waals surface area contributed by atoms with Crippen molar-refractivity contribution in [3.63, 3.8) is 0 Å². The maximum absolute atomic E-state index is 11.4. The van der Waals surface area contributed by atoms with Gasteiger partial charge >= 0.3 is 0 Å². The first kappa shape index (κ1) is 12.0.